The first-order chi connectivity index (χ1) is 13.6. The van der Waals surface area contributed by atoms with Crippen LogP contribution >= 0.6 is 0 Å². The molecule has 2 N–H and O–H groups in total. The van der Waals surface area contributed by atoms with Gasteiger partial charge in [0.2, 0.25) is 17.7 Å². The molecule has 2 fully saturated rings. The Morgan fingerprint density at radius 2 is 1.61 bits per heavy atom. The van der Waals surface area contributed by atoms with Crippen LogP contribution in [0.3, 0.4) is 0 Å². The molecule has 28 heavy (non-hydrogen) atoms. The van der Waals surface area contributed by atoms with Crippen LogP contribution in [0.4, 0.5) is 0 Å². The van der Waals surface area contributed by atoms with Crippen molar-refractivity contribution in [2.75, 3.05) is 0 Å². The van der Waals surface area contributed by atoms with E-state index in [-0.39, 0.29) is 24.4 Å². The fourth-order valence-electron chi connectivity index (χ4n) is 4.87. The molecule has 2 saturated heterocycles. The van der Waals surface area contributed by atoms with Crippen molar-refractivity contribution in [2.45, 2.75) is 18.6 Å². The molecule has 0 aliphatic carbocycles. The Morgan fingerprint density at radius 3 is 2.36 bits per heavy atom. The Morgan fingerprint density at radius 1 is 0.929 bits per heavy atom. The van der Waals surface area contributed by atoms with Crippen LogP contribution in [-0.4, -0.2) is 33.6 Å². The Labute approximate surface area is 162 Å². The van der Waals surface area contributed by atoms with Crippen LogP contribution < -0.4 is 5.73 Å². The van der Waals surface area contributed by atoms with E-state index in [9.17, 15) is 14.4 Å². The van der Waals surface area contributed by atoms with E-state index in [1.807, 2.05) is 60.7 Å². The van der Waals surface area contributed by atoms with Gasteiger partial charge in [-0.3, -0.25) is 19.3 Å². The first-order valence-electron chi connectivity index (χ1n) is 9.31. The number of rotatable bonds is 3. The highest BCUT2D eigenvalue weighted by Gasteiger charge is 2.63. The summed E-state index contributed by atoms with van der Waals surface area (Å²) in [5, 5.41) is 0. The van der Waals surface area contributed by atoms with Gasteiger partial charge in [-0.15, -0.1) is 0 Å². The molecule has 140 valence electrons. The molecule has 6 heteroatoms. The highest BCUT2D eigenvalue weighted by atomic mass is 16.2. The summed E-state index contributed by atoms with van der Waals surface area (Å²) < 4.78 is 0. The maximum absolute atomic E-state index is 13.3. The third-order valence-corrected chi connectivity index (χ3v) is 6.03. The largest absolute Gasteiger partial charge is 0.368 e. The lowest BCUT2D eigenvalue weighted by Gasteiger charge is -2.34. The SMILES string of the molecule is NC(=O)[C@H]1[C@H]2C(=O)N(Cc3ccccc3)C(=O)[C@H]2[C@@H]2c3ccccc3C=CN12. The highest BCUT2D eigenvalue weighted by molar-refractivity contribution is 6.09. The third-order valence-electron chi connectivity index (χ3n) is 6.03. The van der Waals surface area contributed by atoms with Gasteiger partial charge in [0.15, 0.2) is 0 Å². The molecular formula is C22H19N3O3. The Kier molecular flexibility index (Phi) is 3.62. The minimum Gasteiger partial charge on any atom is -0.368 e. The molecule has 0 unspecified atom stereocenters. The number of likely N-dealkylation sites (tertiary alicyclic amines) is 1. The number of imide groups is 1. The van der Waals surface area contributed by atoms with Gasteiger partial charge >= 0.3 is 0 Å². The van der Waals surface area contributed by atoms with Crippen molar-refractivity contribution in [3.8, 4) is 0 Å². The molecule has 0 spiro atoms. The van der Waals surface area contributed by atoms with Gasteiger partial charge in [0.1, 0.15) is 6.04 Å². The fraction of sp³-hybridized carbons (Fsp3) is 0.227. The highest BCUT2D eigenvalue weighted by Crippen LogP contribution is 2.52. The van der Waals surface area contributed by atoms with Crippen LogP contribution in [0.1, 0.15) is 22.7 Å². The van der Waals surface area contributed by atoms with E-state index in [1.54, 1.807) is 11.1 Å². The molecule has 0 radical (unpaired) electrons. The quantitative estimate of drug-likeness (QED) is 0.830. The van der Waals surface area contributed by atoms with Crippen LogP contribution in [0.5, 0.6) is 0 Å². The summed E-state index contributed by atoms with van der Waals surface area (Å²) in [6.07, 6.45) is 3.70. The van der Waals surface area contributed by atoms with E-state index in [2.05, 4.69) is 0 Å². The Balaban J connectivity index is 1.58. The van der Waals surface area contributed by atoms with Gasteiger partial charge in [0.25, 0.3) is 0 Å². The molecule has 4 atom stereocenters. The maximum atomic E-state index is 13.3. The summed E-state index contributed by atoms with van der Waals surface area (Å²) in [6.45, 7) is 0.210. The van der Waals surface area contributed by atoms with Crippen LogP contribution in [0.2, 0.25) is 0 Å². The first-order valence-corrected chi connectivity index (χ1v) is 9.31. The molecule has 5 rings (SSSR count). The summed E-state index contributed by atoms with van der Waals surface area (Å²) in [6, 6.07) is 16.0. The van der Waals surface area contributed by atoms with Crippen LogP contribution in [0.15, 0.2) is 60.8 Å². The average molecular weight is 373 g/mol. The summed E-state index contributed by atoms with van der Waals surface area (Å²) in [7, 11) is 0. The molecule has 6 nitrogen and oxygen atoms in total. The number of amides is 3. The van der Waals surface area contributed by atoms with Crippen molar-refractivity contribution in [1.29, 1.82) is 0 Å². The van der Waals surface area contributed by atoms with Crippen LogP contribution in [0, 0.1) is 11.8 Å². The van der Waals surface area contributed by atoms with E-state index in [0.29, 0.717) is 0 Å². The zero-order valence-corrected chi connectivity index (χ0v) is 15.1. The van der Waals surface area contributed by atoms with Gasteiger partial charge in [-0.1, -0.05) is 54.6 Å². The van der Waals surface area contributed by atoms with Crippen molar-refractivity contribution >= 4 is 23.8 Å². The molecular weight excluding hydrogens is 354 g/mol. The molecule has 0 bridgehead atoms. The number of nitrogens with two attached hydrogens (primary N) is 1. The summed E-state index contributed by atoms with van der Waals surface area (Å²) in [5.41, 5.74) is 8.51. The van der Waals surface area contributed by atoms with Crippen molar-refractivity contribution in [1.82, 2.24) is 9.80 Å². The van der Waals surface area contributed by atoms with Crippen LogP contribution in [-0.2, 0) is 20.9 Å². The van der Waals surface area contributed by atoms with Crippen molar-refractivity contribution in [3.05, 3.63) is 77.5 Å². The molecule has 2 aromatic carbocycles. The summed E-state index contributed by atoms with van der Waals surface area (Å²) in [5.74, 6) is -2.50. The fourth-order valence-corrected chi connectivity index (χ4v) is 4.87. The second-order valence-corrected chi connectivity index (χ2v) is 7.48. The molecule has 3 amide bonds. The zero-order valence-electron chi connectivity index (χ0n) is 15.1. The maximum Gasteiger partial charge on any atom is 0.240 e. The van der Waals surface area contributed by atoms with Gasteiger partial charge in [0.05, 0.1) is 24.4 Å². The van der Waals surface area contributed by atoms with E-state index < -0.39 is 23.8 Å². The topological polar surface area (TPSA) is 83.7 Å². The molecule has 2 aromatic rings. The van der Waals surface area contributed by atoms with Crippen molar-refractivity contribution < 1.29 is 14.4 Å². The monoisotopic (exact) mass is 373 g/mol. The summed E-state index contributed by atoms with van der Waals surface area (Å²) in [4.78, 5) is 41.9. The number of carbonyl (C=O) groups excluding carboxylic acids is 3. The summed E-state index contributed by atoms with van der Waals surface area (Å²) >= 11 is 0. The third kappa shape index (κ3) is 2.24. The lowest BCUT2D eigenvalue weighted by Crippen LogP contribution is -2.46. The Bertz CT molecular complexity index is 1020. The van der Waals surface area contributed by atoms with E-state index in [0.717, 1.165) is 16.7 Å². The Hall–Kier alpha value is -3.41. The van der Waals surface area contributed by atoms with Gasteiger partial charge < -0.3 is 10.6 Å². The molecule has 3 heterocycles. The van der Waals surface area contributed by atoms with Crippen LogP contribution in [0.25, 0.3) is 6.08 Å². The number of fused-ring (bicyclic) bond motifs is 5. The predicted octanol–water partition coefficient (Wildman–Crippen LogP) is 1.68. The van der Waals surface area contributed by atoms with Gasteiger partial charge in [-0.05, 0) is 22.8 Å². The van der Waals surface area contributed by atoms with E-state index in [1.165, 1.54) is 4.90 Å². The second kappa shape index (κ2) is 6.05. The molecule has 3 aliphatic heterocycles. The van der Waals surface area contributed by atoms with Gasteiger partial charge in [-0.25, -0.2) is 0 Å². The number of primary amides is 1. The average Bonchev–Trinajstić information content (AvgIpc) is 3.18. The van der Waals surface area contributed by atoms with Crippen molar-refractivity contribution in [3.63, 3.8) is 0 Å². The zero-order chi connectivity index (χ0) is 19.4. The minimum absolute atomic E-state index is 0.210. The van der Waals surface area contributed by atoms with E-state index >= 15 is 0 Å². The number of nitrogens with zero attached hydrogens (tertiary/aromatic N) is 2. The lowest BCUT2D eigenvalue weighted by molar-refractivity contribution is -0.143. The van der Waals surface area contributed by atoms with Crippen molar-refractivity contribution in [2.24, 2.45) is 17.6 Å². The van der Waals surface area contributed by atoms with Gasteiger partial charge in [-0.2, -0.15) is 0 Å². The second-order valence-electron chi connectivity index (χ2n) is 7.48. The first kappa shape index (κ1) is 16.7. The number of hydrogen-bond acceptors (Lipinski definition) is 4. The molecule has 3 aliphatic rings. The predicted molar refractivity (Wildman–Crippen MR) is 102 cm³/mol. The lowest BCUT2D eigenvalue weighted by atomic mass is 9.84. The molecule has 0 aromatic heterocycles. The standard InChI is InChI=1S/C22H19N3O3/c23-20(26)19-17-16(18-15-9-5-4-8-14(15)10-11-24(18)19)21(27)25(22(17)28)12-13-6-2-1-3-7-13/h1-11,16-19H,12H2,(H2,23,26)/t16-,17+,18+,19-/m1/s1. The minimum atomic E-state index is -0.822. The number of carbonyl (C=O) groups is 3. The molecule has 0 saturated carbocycles. The number of hydrogen-bond donors (Lipinski definition) is 1. The van der Waals surface area contributed by atoms with Gasteiger partial charge in [0, 0.05) is 6.20 Å². The number of benzene rings is 2. The van der Waals surface area contributed by atoms with E-state index in [4.69, 9.17) is 5.73 Å². The smallest absolute Gasteiger partial charge is 0.240 e. The normalized spacial score (nSPS) is 27.6.